The number of rotatable bonds is 6. The molecule has 12 heteroatoms. The Labute approximate surface area is 234 Å². The monoisotopic (exact) mass is 575 g/mol. The van der Waals surface area contributed by atoms with Gasteiger partial charge in [-0.2, -0.15) is 0 Å². The van der Waals surface area contributed by atoms with Crippen LogP contribution in [0.15, 0.2) is 41.3 Å². The maximum Gasteiger partial charge on any atom is 0.267 e. The van der Waals surface area contributed by atoms with E-state index in [1.807, 2.05) is 19.1 Å². The van der Waals surface area contributed by atoms with Gasteiger partial charge in [0, 0.05) is 25.3 Å². The van der Waals surface area contributed by atoms with Crippen molar-refractivity contribution in [3.8, 4) is 5.75 Å². The predicted octanol–water partition coefficient (Wildman–Crippen LogP) is 1.44. The first-order chi connectivity index (χ1) is 18.9. The molecular weight excluding hydrogens is 538 g/mol. The van der Waals surface area contributed by atoms with Crippen LogP contribution in [0, 0.1) is 17.3 Å². The van der Waals surface area contributed by atoms with Crippen LogP contribution >= 0.6 is 0 Å². The van der Waals surface area contributed by atoms with Crippen LogP contribution in [0.3, 0.4) is 0 Å². The van der Waals surface area contributed by atoms with Crippen LogP contribution in [0.5, 0.6) is 5.75 Å². The van der Waals surface area contributed by atoms with E-state index in [1.54, 1.807) is 0 Å². The number of benzene rings is 1. The first-order valence-electron chi connectivity index (χ1n) is 13.7. The molecule has 1 aliphatic carbocycles. The van der Waals surface area contributed by atoms with Crippen molar-refractivity contribution in [2.75, 3.05) is 13.2 Å². The number of ketones is 1. The fourth-order valence-corrected chi connectivity index (χ4v) is 6.90. The molecule has 0 radical (unpaired) electrons. The van der Waals surface area contributed by atoms with Crippen molar-refractivity contribution >= 4 is 33.5 Å². The first-order valence-corrected chi connectivity index (χ1v) is 15.2. The smallest absolute Gasteiger partial charge is 0.267 e. The minimum Gasteiger partial charge on any atom is -0.482 e. The molecule has 2 fully saturated rings. The number of hydrogen-bond donors (Lipinski definition) is 3. The molecule has 2 heterocycles. The molecule has 0 aromatic heterocycles. The number of hydrogen-bond acceptors (Lipinski definition) is 8. The van der Waals surface area contributed by atoms with Crippen molar-refractivity contribution < 1.29 is 37.4 Å². The molecule has 3 amide bonds. The lowest BCUT2D eigenvalue weighted by atomic mass is 9.91. The number of amides is 3. The highest BCUT2D eigenvalue weighted by atomic mass is 32.2. The van der Waals surface area contributed by atoms with E-state index in [1.165, 1.54) is 29.2 Å². The quantitative estimate of drug-likeness (QED) is 0.427. The Hall–Kier alpha value is -3.25. The number of primary amides is 1. The maximum absolute atomic E-state index is 13.6. The second kappa shape index (κ2) is 12.1. The minimum absolute atomic E-state index is 0.0541. The summed E-state index contributed by atoms with van der Waals surface area (Å²) in [7, 11) is -4.44. The molecule has 1 aromatic carbocycles. The highest BCUT2D eigenvalue weighted by Gasteiger charge is 2.61. The van der Waals surface area contributed by atoms with Crippen LogP contribution in [-0.2, 0) is 29.2 Å². The van der Waals surface area contributed by atoms with E-state index >= 15 is 0 Å². The number of sulfonamides is 1. The van der Waals surface area contributed by atoms with Crippen LogP contribution in [0.25, 0.3) is 0 Å². The number of carbonyl (C=O) groups is 4. The summed E-state index contributed by atoms with van der Waals surface area (Å²) in [5, 5.41) is 10.3. The molecular formula is C28H37N3O8S. The lowest BCUT2D eigenvalue weighted by Crippen LogP contribution is -2.45. The van der Waals surface area contributed by atoms with Crippen molar-refractivity contribution in [2.45, 2.75) is 75.3 Å². The fourth-order valence-electron chi connectivity index (χ4n) is 5.70. The fraction of sp³-hybridized carbons (Fsp3) is 0.571. The average Bonchev–Trinajstić information content (AvgIpc) is 3.46. The van der Waals surface area contributed by atoms with Crippen LogP contribution in [0.2, 0.25) is 0 Å². The second-order valence-corrected chi connectivity index (χ2v) is 12.8. The van der Waals surface area contributed by atoms with E-state index in [4.69, 9.17) is 10.5 Å². The van der Waals surface area contributed by atoms with Gasteiger partial charge in [-0.05, 0) is 43.7 Å². The summed E-state index contributed by atoms with van der Waals surface area (Å²) in [5.74, 6) is -2.98. The van der Waals surface area contributed by atoms with Gasteiger partial charge in [0.15, 0.2) is 12.4 Å². The highest BCUT2D eigenvalue weighted by molar-refractivity contribution is 7.90. The summed E-state index contributed by atoms with van der Waals surface area (Å²) in [6.07, 6.45) is 7.25. The normalized spacial score (nSPS) is 30.3. The Balaban J connectivity index is 1.60. The molecule has 1 saturated heterocycles. The lowest BCUT2D eigenvalue weighted by Gasteiger charge is -2.27. The number of carbonyl (C=O) groups excluding carboxylic acids is 4. The van der Waals surface area contributed by atoms with Crippen molar-refractivity contribution in [1.29, 1.82) is 0 Å². The first kappa shape index (κ1) is 29.7. The number of fused-ring (bicyclic) bond motifs is 2. The molecule has 5 atom stereocenters. The summed E-state index contributed by atoms with van der Waals surface area (Å²) in [4.78, 5) is 52.6. The number of nitrogens with zero attached hydrogens (tertiary/aromatic N) is 1. The molecule has 218 valence electrons. The molecule has 0 unspecified atom stereocenters. The van der Waals surface area contributed by atoms with Gasteiger partial charge in [0.1, 0.15) is 10.6 Å². The van der Waals surface area contributed by atoms with Gasteiger partial charge in [0.2, 0.25) is 11.8 Å². The Morgan fingerprint density at radius 3 is 2.70 bits per heavy atom. The molecule has 40 heavy (non-hydrogen) atoms. The van der Waals surface area contributed by atoms with Gasteiger partial charge >= 0.3 is 0 Å². The molecule has 11 nitrogen and oxygen atoms in total. The number of Topliss-reactive ketones (excluding diaryl/α,β-unsaturated/α-hetero) is 1. The number of para-hydroxylation sites is 1. The number of nitrogens with two attached hydrogens (primary N) is 1. The molecule has 1 saturated carbocycles. The number of aliphatic hydroxyl groups is 1. The Morgan fingerprint density at radius 2 is 1.95 bits per heavy atom. The van der Waals surface area contributed by atoms with Crippen LogP contribution < -0.4 is 15.2 Å². The number of ether oxygens (including phenoxy) is 1. The minimum atomic E-state index is -4.44. The third kappa shape index (κ3) is 6.55. The van der Waals surface area contributed by atoms with Crippen molar-refractivity contribution in [3.05, 3.63) is 36.4 Å². The van der Waals surface area contributed by atoms with E-state index in [0.29, 0.717) is 6.42 Å². The van der Waals surface area contributed by atoms with Crippen LogP contribution in [0.1, 0.15) is 58.3 Å². The van der Waals surface area contributed by atoms with Crippen LogP contribution in [0.4, 0.5) is 0 Å². The average molecular weight is 576 g/mol. The van der Waals surface area contributed by atoms with Gasteiger partial charge in [-0.25, -0.2) is 13.1 Å². The zero-order valence-corrected chi connectivity index (χ0v) is 23.4. The summed E-state index contributed by atoms with van der Waals surface area (Å²) < 4.78 is 33.9. The van der Waals surface area contributed by atoms with Gasteiger partial charge < -0.3 is 20.5 Å². The Morgan fingerprint density at radius 1 is 1.20 bits per heavy atom. The SMILES string of the molecule is C[C@H]1CCCCC/C=C\[C@@H]2C[C@@]2(C(=O)NS(=O)(=O)c2ccccc2OCC(N)=O)CC(=O)[C@@H]2C[C@@H](O)CN2C1=O. The zero-order chi connectivity index (χ0) is 29.1. The third-order valence-corrected chi connectivity index (χ3v) is 9.41. The van der Waals surface area contributed by atoms with E-state index < -0.39 is 46.0 Å². The number of aliphatic hydroxyl groups excluding tert-OH is 1. The van der Waals surface area contributed by atoms with E-state index in [0.717, 1.165) is 25.7 Å². The molecule has 4 N–H and O–H groups in total. The number of nitrogens with one attached hydrogen (secondary N) is 1. The zero-order valence-electron chi connectivity index (χ0n) is 22.6. The predicted molar refractivity (Wildman–Crippen MR) is 144 cm³/mol. The number of allylic oxidation sites excluding steroid dienone is 2. The van der Waals surface area contributed by atoms with E-state index in [-0.39, 0.29) is 60.0 Å². The molecule has 4 rings (SSSR count). The Kier molecular flexibility index (Phi) is 8.99. The summed E-state index contributed by atoms with van der Waals surface area (Å²) in [6.45, 7) is 1.33. The lowest BCUT2D eigenvalue weighted by molar-refractivity contribution is -0.141. The van der Waals surface area contributed by atoms with E-state index in [2.05, 4.69) is 4.72 Å². The topological polar surface area (TPSA) is 173 Å². The van der Waals surface area contributed by atoms with Crippen LogP contribution in [-0.4, -0.2) is 67.2 Å². The van der Waals surface area contributed by atoms with E-state index in [9.17, 15) is 32.7 Å². The highest BCUT2D eigenvalue weighted by Crippen LogP contribution is 2.57. The van der Waals surface area contributed by atoms with Gasteiger partial charge in [0.25, 0.3) is 15.9 Å². The molecule has 0 spiro atoms. The van der Waals surface area contributed by atoms with Crippen molar-refractivity contribution in [2.24, 2.45) is 23.0 Å². The molecule has 0 bridgehead atoms. The van der Waals surface area contributed by atoms with Gasteiger partial charge in [-0.15, -0.1) is 0 Å². The molecule has 3 aliphatic rings. The summed E-state index contributed by atoms with van der Waals surface area (Å²) in [6, 6.07) is 4.67. The van der Waals surface area contributed by atoms with Gasteiger partial charge in [-0.3, -0.25) is 19.2 Å². The summed E-state index contributed by atoms with van der Waals surface area (Å²) in [5.41, 5.74) is 3.81. The second-order valence-electron chi connectivity index (χ2n) is 11.1. The van der Waals surface area contributed by atoms with Crippen molar-refractivity contribution in [3.63, 3.8) is 0 Å². The molecule has 2 aliphatic heterocycles. The third-order valence-electron chi connectivity index (χ3n) is 8.04. The Bertz CT molecular complexity index is 1300. The van der Waals surface area contributed by atoms with Gasteiger partial charge in [0.05, 0.1) is 17.6 Å². The van der Waals surface area contributed by atoms with Crippen molar-refractivity contribution in [1.82, 2.24) is 9.62 Å². The molecule has 1 aromatic rings. The van der Waals surface area contributed by atoms with Gasteiger partial charge in [-0.1, -0.05) is 44.1 Å². The standard InChI is InChI=1S/C28H37N3O8S/c1-18-9-5-3-2-4-6-10-19-14-28(19,15-22(33)21-13-20(32)16-31(21)26(18)35)27(36)30-40(37,38)24-12-8-7-11-23(24)39-17-25(29)34/h6-8,10-12,18-21,32H,2-5,9,13-17H2,1H3,(H2,29,34)(H,30,36)/b10-6-/t18-,19+,20+,21-,28+/m0/s1. The largest absolute Gasteiger partial charge is 0.482 e. The maximum atomic E-state index is 13.6. The summed E-state index contributed by atoms with van der Waals surface area (Å²) >= 11 is 0.